The Morgan fingerprint density at radius 2 is 2.11 bits per heavy atom. The fourth-order valence-electron chi connectivity index (χ4n) is 1.56. The Kier molecular flexibility index (Phi) is 4.22. The van der Waals surface area contributed by atoms with Crippen LogP contribution in [0.1, 0.15) is 18.6 Å². The first-order chi connectivity index (χ1) is 8.59. The fourth-order valence-corrected chi connectivity index (χ4v) is 2.81. The first-order valence-corrected chi connectivity index (χ1v) is 6.54. The minimum absolute atomic E-state index is 0.268. The third kappa shape index (κ3) is 2.83. The number of hydrogen-bond donors (Lipinski definition) is 1. The van der Waals surface area contributed by atoms with Gasteiger partial charge in [-0.3, -0.25) is 0 Å². The highest BCUT2D eigenvalue weighted by Crippen LogP contribution is 2.36. The zero-order valence-corrected chi connectivity index (χ0v) is 11.2. The van der Waals surface area contributed by atoms with Crippen molar-refractivity contribution >= 4 is 23.4 Å². The average Bonchev–Trinajstić information content (AvgIpc) is 2.31. The van der Waals surface area contributed by atoms with Crippen LogP contribution in [0.25, 0.3) is 0 Å². The van der Waals surface area contributed by atoms with Gasteiger partial charge in [-0.2, -0.15) is 0 Å². The van der Waals surface area contributed by atoms with Crippen LogP contribution in [0.5, 0.6) is 0 Å². The Bertz CT molecular complexity index is 562. The Balaban J connectivity index is 2.41. The van der Waals surface area contributed by atoms with Gasteiger partial charge in [0, 0.05) is 16.7 Å². The number of nitrogens with zero attached hydrogens (tertiary/aromatic N) is 1. The molecule has 0 aliphatic rings. The minimum atomic E-state index is -0.879. The van der Waals surface area contributed by atoms with E-state index >= 15 is 0 Å². The van der Waals surface area contributed by atoms with Crippen molar-refractivity contribution in [2.75, 3.05) is 0 Å². The van der Waals surface area contributed by atoms with E-state index in [4.69, 9.17) is 11.6 Å². The molecule has 1 aromatic carbocycles. The highest BCUT2D eigenvalue weighted by Gasteiger charge is 2.15. The van der Waals surface area contributed by atoms with Gasteiger partial charge in [-0.25, -0.2) is 9.37 Å². The van der Waals surface area contributed by atoms with E-state index < -0.39 is 11.9 Å². The molecule has 0 saturated heterocycles. The summed E-state index contributed by atoms with van der Waals surface area (Å²) in [6.07, 6.45) is 0.742. The summed E-state index contributed by atoms with van der Waals surface area (Å²) in [5.74, 6) is -0.429. The second kappa shape index (κ2) is 5.69. The molecular weight excluding hydrogens is 273 g/mol. The number of aliphatic hydroxyl groups excluding tert-OH is 1. The highest BCUT2D eigenvalue weighted by atomic mass is 35.5. The molecule has 0 radical (unpaired) electrons. The topological polar surface area (TPSA) is 33.1 Å². The molecule has 2 rings (SSSR count). The van der Waals surface area contributed by atoms with Gasteiger partial charge in [-0.1, -0.05) is 29.4 Å². The lowest BCUT2D eigenvalue weighted by atomic mass is 10.1. The predicted molar refractivity (Wildman–Crippen MR) is 70.4 cm³/mol. The van der Waals surface area contributed by atoms with E-state index in [1.54, 1.807) is 30.5 Å². The predicted octanol–water partition coefficient (Wildman–Crippen LogP) is 4.08. The van der Waals surface area contributed by atoms with Gasteiger partial charge in [0.2, 0.25) is 0 Å². The second-order valence-corrected chi connectivity index (χ2v) is 5.16. The van der Waals surface area contributed by atoms with E-state index in [1.807, 2.05) is 0 Å². The van der Waals surface area contributed by atoms with E-state index in [2.05, 4.69) is 4.98 Å². The average molecular weight is 284 g/mol. The molecule has 1 N–H and O–H groups in total. The van der Waals surface area contributed by atoms with Crippen LogP contribution in [0.4, 0.5) is 4.39 Å². The summed E-state index contributed by atoms with van der Waals surface area (Å²) in [6.45, 7) is 1.53. The third-order valence-corrected chi connectivity index (χ3v) is 3.87. The molecule has 2 nitrogen and oxygen atoms in total. The van der Waals surface area contributed by atoms with Crippen LogP contribution < -0.4 is 0 Å². The van der Waals surface area contributed by atoms with Crippen molar-refractivity contribution < 1.29 is 9.50 Å². The van der Waals surface area contributed by atoms with Crippen molar-refractivity contribution in [2.24, 2.45) is 0 Å². The monoisotopic (exact) mass is 283 g/mol. The van der Waals surface area contributed by atoms with Crippen molar-refractivity contribution in [1.82, 2.24) is 4.98 Å². The highest BCUT2D eigenvalue weighted by molar-refractivity contribution is 7.99. The molecule has 0 bridgehead atoms. The molecule has 0 fully saturated rings. The van der Waals surface area contributed by atoms with Crippen molar-refractivity contribution in [2.45, 2.75) is 22.9 Å². The SMILES string of the molecule is C[C@@H](O)c1c(F)cccc1Sc1ncccc1Cl. The number of hydrogen-bond acceptors (Lipinski definition) is 3. The summed E-state index contributed by atoms with van der Waals surface area (Å²) >= 11 is 7.25. The third-order valence-electron chi connectivity index (χ3n) is 2.36. The lowest BCUT2D eigenvalue weighted by molar-refractivity contribution is 0.191. The molecule has 0 unspecified atom stereocenters. The standard InChI is InChI=1S/C13H11ClFNOS/c1-8(17)12-10(15)5-2-6-11(12)18-13-9(14)4-3-7-16-13/h2-8,17H,1H3/t8-/m1/s1. The van der Waals surface area contributed by atoms with E-state index in [9.17, 15) is 9.50 Å². The molecular formula is C13H11ClFNOS. The largest absolute Gasteiger partial charge is 0.389 e. The number of rotatable bonds is 3. The zero-order chi connectivity index (χ0) is 13.1. The van der Waals surface area contributed by atoms with Gasteiger partial charge >= 0.3 is 0 Å². The van der Waals surface area contributed by atoms with Crippen molar-refractivity contribution in [3.05, 3.63) is 52.9 Å². The van der Waals surface area contributed by atoms with Crippen molar-refractivity contribution in [3.8, 4) is 0 Å². The molecule has 0 saturated carbocycles. The summed E-state index contributed by atoms with van der Waals surface area (Å²) < 4.78 is 13.7. The first kappa shape index (κ1) is 13.3. The van der Waals surface area contributed by atoms with E-state index in [0.29, 0.717) is 14.9 Å². The van der Waals surface area contributed by atoms with Gasteiger partial charge < -0.3 is 5.11 Å². The number of aliphatic hydroxyl groups is 1. The lowest BCUT2D eigenvalue weighted by Gasteiger charge is -2.12. The number of pyridine rings is 1. The summed E-state index contributed by atoms with van der Waals surface area (Å²) in [5.41, 5.74) is 0.268. The maximum Gasteiger partial charge on any atom is 0.130 e. The molecule has 0 spiro atoms. The van der Waals surface area contributed by atoms with E-state index in [0.717, 1.165) is 0 Å². The summed E-state index contributed by atoms with van der Waals surface area (Å²) in [6, 6.07) is 8.11. The van der Waals surface area contributed by atoms with Crippen LogP contribution >= 0.6 is 23.4 Å². The van der Waals surface area contributed by atoms with Crippen LogP contribution in [0, 0.1) is 5.82 Å². The summed E-state index contributed by atoms with van der Waals surface area (Å²) in [4.78, 5) is 4.75. The Labute approximate surface area is 114 Å². The first-order valence-electron chi connectivity index (χ1n) is 5.34. The maximum absolute atomic E-state index is 13.7. The number of benzene rings is 1. The summed E-state index contributed by atoms with van der Waals surface area (Å²) in [5, 5.41) is 10.7. The molecule has 0 aliphatic heterocycles. The lowest BCUT2D eigenvalue weighted by Crippen LogP contribution is -1.98. The minimum Gasteiger partial charge on any atom is -0.389 e. The van der Waals surface area contributed by atoms with Gasteiger partial charge in [-0.05, 0) is 31.2 Å². The van der Waals surface area contributed by atoms with Crippen molar-refractivity contribution in [1.29, 1.82) is 0 Å². The van der Waals surface area contributed by atoms with E-state index in [-0.39, 0.29) is 5.56 Å². The maximum atomic E-state index is 13.7. The normalized spacial score (nSPS) is 12.4. The molecule has 1 heterocycles. The van der Waals surface area contributed by atoms with Gasteiger partial charge in [0.25, 0.3) is 0 Å². The van der Waals surface area contributed by atoms with Crippen LogP contribution in [0.3, 0.4) is 0 Å². The molecule has 5 heteroatoms. The van der Waals surface area contributed by atoms with Crippen LogP contribution in [0.2, 0.25) is 5.02 Å². The van der Waals surface area contributed by atoms with Crippen LogP contribution in [-0.4, -0.2) is 10.1 Å². The molecule has 1 atom stereocenters. The van der Waals surface area contributed by atoms with Crippen molar-refractivity contribution in [3.63, 3.8) is 0 Å². The molecule has 0 aliphatic carbocycles. The van der Waals surface area contributed by atoms with Crippen LogP contribution in [-0.2, 0) is 0 Å². The number of aromatic nitrogens is 1. The molecule has 0 amide bonds. The van der Waals surface area contributed by atoms with Gasteiger partial charge in [0.05, 0.1) is 11.1 Å². The molecule has 1 aromatic heterocycles. The van der Waals surface area contributed by atoms with E-state index in [1.165, 1.54) is 24.8 Å². The summed E-state index contributed by atoms with van der Waals surface area (Å²) in [7, 11) is 0. The molecule has 18 heavy (non-hydrogen) atoms. The quantitative estimate of drug-likeness (QED) is 0.921. The smallest absolute Gasteiger partial charge is 0.130 e. The Morgan fingerprint density at radius 3 is 2.78 bits per heavy atom. The second-order valence-electron chi connectivity index (χ2n) is 3.72. The molecule has 94 valence electrons. The van der Waals surface area contributed by atoms with Gasteiger partial charge in [0.1, 0.15) is 10.8 Å². The Hall–Kier alpha value is -1.10. The van der Waals surface area contributed by atoms with Gasteiger partial charge in [-0.15, -0.1) is 0 Å². The number of halogens is 2. The fraction of sp³-hybridized carbons (Fsp3) is 0.154. The van der Waals surface area contributed by atoms with Crippen LogP contribution in [0.15, 0.2) is 46.5 Å². The zero-order valence-electron chi connectivity index (χ0n) is 9.60. The molecule has 2 aromatic rings. The van der Waals surface area contributed by atoms with Gasteiger partial charge in [0.15, 0.2) is 0 Å². The Morgan fingerprint density at radius 1 is 1.33 bits per heavy atom.